The summed E-state index contributed by atoms with van der Waals surface area (Å²) in [5.74, 6) is -0.422. The number of amides is 2. The van der Waals surface area contributed by atoms with Crippen LogP contribution in [0.15, 0.2) is 0 Å². The maximum Gasteiger partial charge on any atom is 0.307 e. The molecule has 0 aliphatic carbocycles. The lowest BCUT2D eigenvalue weighted by Gasteiger charge is -2.36. The Bertz CT molecular complexity index is 463. The van der Waals surface area contributed by atoms with Gasteiger partial charge in [-0.05, 0) is 5.92 Å². The molecule has 0 aromatic rings. The molecule has 1 N–H and O–H groups in total. The molecule has 1 unspecified atom stereocenters. The van der Waals surface area contributed by atoms with Crippen LogP contribution in [-0.2, 0) is 23.9 Å². The van der Waals surface area contributed by atoms with E-state index in [1.165, 1.54) is 0 Å². The molecule has 2 fully saturated rings. The molecule has 0 spiro atoms. The lowest BCUT2D eigenvalue weighted by atomic mass is 10.1. The number of nitrogens with zero attached hydrogens (tertiary/aromatic N) is 2. The molecule has 2 amide bonds. The average molecular weight is 341 g/mol. The molecule has 8 heteroatoms. The zero-order chi connectivity index (χ0) is 17.5. The number of ether oxygens (including phenoxy) is 2. The summed E-state index contributed by atoms with van der Waals surface area (Å²) in [6.07, 6.45) is -0.0328. The number of carbonyl (C=O) groups excluding carboxylic acids is 3. The Labute approximate surface area is 142 Å². The SMILES string of the molecule is CC(C)COC(=O)CC1C(=O)NCCN1CC(=O)N1CCOCC1. The van der Waals surface area contributed by atoms with E-state index in [0.29, 0.717) is 46.0 Å². The zero-order valence-electron chi connectivity index (χ0n) is 14.5. The number of nitrogens with one attached hydrogen (secondary N) is 1. The van der Waals surface area contributed by atoms with Crippen LogP contribution in [0, 0.1) is 5.92 Å². The van der Waals surface area contributed by atoms with Crippen LogP contribution in [0.2, 0.25) is 0 Å². The van der Waals surface area contributed by atoms with Crippen LogP contribution in [0.5, 0.6) is 0 Å². The van der Waals surface area contributed by atoms with Gasteiger partial charge in [0.2, 0.25) is 11.8 Å². The molecule has 0 aromatic carbocycles. The van der Waals surface area contributed by atoms with Gasteiger partial charge in [-0.2, -0.15) is 0 Å². The number of morpholine rings is 1. The molecule has 2 aliphatic heterocycles. The summed E-state index contributed by atoms with van der Waals surface area (Å²) in [7, 11) is 0. The molecule has 136 valence electrons. The van der Waals surface area contributed by atoms with Crippen LogP contribution < -0.4 is 5.32 Å². The third kappa shape index (κ3) is 5.45. The summed E-state index contributed by atoms with van der Waals surface area (Å²) in [5.41, 5.74) is 0. The Hall–Kier alpha value is -1.67. The zero-order valence-corrected chi connectivity index (χ0v) is 14.5. The van der Waals surface area contributed by atoms with E-state index in [-0.39, 0.29) is 30.7 Å². The van der Waals surface area contributed by atoms with Crippen LogP contribution >= 0.6 is 0 Å². The van der Waals surface area contributed by atoms with Gasteiger partial charge in [-0.1, -0.05) is 13.8 Å². The third-order valence-corrected chi connectivity index (χ3v) is 4.08. The maximum absolute atomic E-state index is 12.4. The first-order chi connectivity index (χ1) is 11.5. The second kappa shape index (κ2) is 8.98. The van der Waals surface area contributed by atoms with Crippen LogP contribution in [0.25, 0.3) is 0 Å². The van der Waals surface area contributed by atoms with Gasteiger partial charge >= 0.3 is 5.97 Å². The second-order valence-corrected chi connectivity index (χ2v) is 6.55. The van der Waals surface area contributed by atoms with Gasteiger partial charge < -0.3 is 19.7 Å². The Morgan fingerprint density at radius 1 is 1.29 bits per heavy atom. The van der Waals surface area contributed by atoms with Gasteiger partial charge in [0.05, 0.1) is 32.8 Å². The third-order valence-electron chi connectivity index (χ3n) is 4.08. The summed E-state index contributed by atoms with van der Waals surface area (Å²) in [6, 6.07) is -0.650. The normalized spacial score (nSPS) is 22.4. The quantitative estimate of drug-likeness (QED) is 0.639. The standard InChI is InChI=1S/C16H27N3O5/c1-12(2)11-24-15(21)9-13-16(22)17-3-4-19(13)10-14(20)18-5-7-23-8-6-18/h12-13H,3-11H2,1-2H3,(H,17,22). The van der Waals surface area contributed by atoms with E-state index >= 15 is 0 Å². The van der Waals surface area contributed by atoms with Crippen LogP contribution in [0.1, 0.15) is 20.3 Å². The van der Waals surface area contributed by atoms with E-state index in [4.69, 9.17) is 9.47 Å². The highest BCUT2D eigenvalue weighted by Crippen LogP contribution is 2.11. The van der Waals surface area contributed by atoms with Gasteiger partial charge in [-0.15, -0.1) is 0 Å². The smallest absolute Gasteiger partial charge is 0.307 e. The molecule has 0 saturated carbocycles. The van der Waals surface area contributed by atoms with Gasteiger partial charge in [0.25, 0.3) is 0 Å². The highest BCUT2D eigenvalue weighted by atomic mass is 16.5. The van der Waals surface area contributed by atoms with Gasteiger partial charge in [0.15, 0.2) is 0 Å². The molecule has 2 aliphatic rings. The second-order valence-electron chi connectivity index (χ2n) is 6.55. The lowest BCUT2D eigenvalue weighted by molar-refractivity contribution is -0.151. The largest absolute Gasteiger partial charge is 0.465 e. The molecule has 24 heavy (non-hydrogen) atoms. The fourth-order valence-corrected chi connectivity index (χ4v) is 2.74. The number of esters is 1. The van der Waals surface area contributed by atoms with E-state index in [2.05, 4.69) is 5.32 Å². The topological polar surface area (TPSA) is 88.2 Å². The summed E-state index contributed by atoms with van der Waals surface area (Å²) < 4.78 is 10.4. The van der Waals surface area contributed by atoms with Gasteiger partial charge in [-0.3, -0.25) is 19.3 Å². The first-order valence-electron chi connectivity index (χ1n) is 8.50. The molecule has 0 bridgehead atoms. The molecule has 2 heterocycles. The van der Waals surface area contributed by atoms with E-state index in [0.717, 1.165) is 0 Å². The minimum absolute atomic E-state index is 0.0328. The predicted octanol–water partition coefficient (Wildman–Crippen LogP) is -0.765. The van der Waals surface area contributed by atoms with Gasteiger partial charge in [0, 0.05) is 26.2 Å². The fraction of sp³-hybridized carbons (Fsp3) is 0.812. The number of rotatable bonds is 6. The van der Waals surface area contributed by atoms with Crippen molar-refractivity contribution in [3.63, 3.8) is 0 Å². The number of hydrogen-bond donors (Lipinski definition) is 1. The van der Waals surface area contributed by atoms with Crippen LogP contribution in [0.4, 0.5) is 0 Å². The molecule has 2 saturated heterocycles. The van der Waals surface area contributed by atoms with Crippen LogP contribution in [-0.4, -0.2) is 86.2 Å². The van der Waals surface area contributed by atoms with Crippen molar-refractivity contribution >= 4 is 17.8 Å². The summed E-state index contributed by atoms with van der Waals surface area (Å²) in [4.78, 5) is 40.0. The number of piperazine rings is 1. The minimum Gasteiger partial charge on any atom is -0.465 e. The van der Waals surface area contributed by atoms with Crippen molar-refractivity contribution in [1.29, 1.82) is 0 Å². The summed E-state index contributed by atoms with van der Waals surface area (Å²) >= 11 is 0. The molecular formula is C16H27N3O5. The molecule has 8 nitrogen and oxygen atoms in total. The highest BCUT2D eigenvalue weighted by Gasteiger charge is 2.34. The Morgan fingerprint density at radius 2 is 2.00 bits per heavy atom. The molecular weight excluding hydrogens is 314 g/mol. The van der Waals surface area contributed by atoms with Crippen molar-refractivity contribution in [3.05, 3.63) is 0 Å². The maximum atomic E-state index is 12.4. The summed E-state index contributed by atoms with van der Waals surface area (Å²) in [5, 5.41) is 2.75. The average Bonchev–Trinajstić information content (AvgIpc) is 2.57. The van der Waals surface area contributed by atoms with E-state index in [9.17, 15) is 14.4 Å². The van der Waals surface area contributed by atoms with Crippen molar-refractivity contribution in [1.82, 2.24) is 15.1 Å². The lowest BCUT2D eigenvalue weighted by Crippen LogP contribution is -2.58. The number of hydrogen-bond acceptors (Lipinski definition) is 6. The van der Waals surface area contributed by atoms with Crippen molar-refractivity contribution < 1.29 is 23.9 Å². The molecule has 2 rings (SSSR count). The minimum atomic E-state index is -0.650. The van der Waals surface area contributed by atoms with E-state index in [1.54, 1.807) is 9.80 Å². The van der Waals surface area contributed by atoms with E-state index < -0.39 is 12.0 Å². The predicted molar refractivity (Wildman–Crippen MR) is 86.2 cm³/mol. The summed E-state index contributed by atoms with van der Waals surface area (Å²) in [6.45, 7) is 7.61. The number of carbonyl (C=O) groups is 3. The first kappa shape index (κ1) is 18.7. The molecule has 1 atom stereocenters. The van der Waals surface area contributed by atoms with Crippen molar-refractivity contribution in [2.24, 2.45) is 5.92 Å². The van der Waals surface area contributed by atoms with Gasteiger partial charge in [-0.25, -0.2) is 0 Å². The van der Waals surface area contributed by atoms with Crippen LogP contribution in [0.3, 0.4) is 0 Å². The fourth-order valence-electron chi connectivity index (χ4n) is 2.74. The monoisotopic (exact) mass is 341 g/mol. The van der Waals surface area contributed by atoms with Crippen molar-refractivity contribution in [2.75, 3.05) is 52.5 Å². The first-order valence-corrected chi connectivity index (χ1v) is 8.50. The Balaban J connectivity index is 1.91. The van der Waals surface area contributed by atoms with Gasteiger partial charge in [0.1, 0.15) is 6.04 Å². The Kier molecular flexibility index (Phi) is 6.99. The highest BCUT2D eigenvalue weighted by molar-refractivity contribution is 5.88. The molecule has 0 radical (unpaired) electrons. The Morgan fingerprint density at radius 3 is 2.67 bits per heavy atom. The van der Waals surface area contributed by atoms with Crippen molar-refractivity contribution in [2.45, 2.75) is 26.3 Å². The van der Waals surface area contributed by atoms with E-state index in [1.807, 2.05) is 13.8 Å². The van der Waals surface area contributed by atoms with Crippen molar-refractivity contribution in [3.8, 4) is 0 Å². The molecule has 0 aromatic heterocycles.